The van der Waals surface area contributed by atoms with Crippen LogP contribution in [0.5, 0.6) is 0 Å². The molecule has 1 N–H and O–H groups in total. The van der Waals surface area contributed by atoms with Gasteiger partial charge in [-0.3, -0.25) is 0 Å². The summed E-state index contributed by atoms with van der Waals surface area (Å²) in [5, 5.41) is 11.6. The van der Waals surface area contributed by atoms with Crippen molar-refractivity contribution in [1.82, 2.24) is 0 Å². The summed E-state index contributed by atoms with van der Waals surface area (Å²) in [6.07, 6.45) is -2.68. The molecule has 7 heteroatoms. The monoisotopic (exact) mass is 516 g/mol. The average Bonchev–Trinajstić information content (AvgIpc) is 2.89. The van der Waals surface area contributed by atoms with E-state index in [1.165, 1.54) is 18.2 Å². The molecule has 1 aliphatic heterocycles. The van der Waals surface area contributed by atoms with Crippen molar-refractivity contribution in [3.05, 3.63) is 107 Å². The fourth-order valence-electron chi connectivity index (χ4n) is 4.71. The molecule has 4 rings (SSSR count). The number of benzene rings is 3. The quantitative estimate of drug-likeness (QED) is 0.342. The van der Waals surface area contributed by atoms with Crippen LogP contribution in [0.25, 0.3) is 0 Å². The highest BCUT2D eigenvalue weighted by molar-refractivity contribution is 6.31. The van der Waals surface area contributed by atoms with E-state index in [0.717, 1.165) is 11.1 Å². The van der Waals surface area contributed by atoms with Crippen LogP contribution < -0.4 is 0 Å². The fourth-order valence-corrected chi connectivity index (χ4v) is 4.96. The Morgan fingerprint density at radius 3 is 1.97 bits per heavy atom. The van der Waals surface area contributed by atoms with E-state index in [4.69, 9.17) is 25.8 Å². The number of aliphatic hydroxyl groups is 1. The summed E-state index contributed by atoms with van der Waals surface area (Å²) < 4.78 is 50.6. The number of ether oxygens (including phenoxy) is 3. The Balaban J connectivity index is 1.74. The van der Waals surface area contributed by atoms with Crippen molar-refractivity contribution in [2.24, 2.45) is 5.92 Å². The highest BCUT2D eigenvalue weighted by atomic mass is 35.5. The fraction of sp³-hybridized carbons (Fsp3) is 0.379. The molecule has 4 nitrogen and oxygen atoms in total. The molecule has 0 saturated carbocycles. The zero-order valence-electron chi connectivity index (χ0n) is 20.3. The van der Waals surface area contributed by atoms with Crippen LogP contribution in [-0.4, -0.2) is 29.2 Å². The Morgan fingerprint density at radius 1 is 0.889 bits per heavy atom. The molecule has 0 spiro atoms. The van der Waals surface area contributed by atoms with Crippen LogP contribution >= 0.6 is 11.6 Å². The number of alkyl halides is 2. The molecule has 36 heavy (non-hydrogen) atoms. The summed E-state index contributed by atoms with van der Waals surface area (Å²) in [5.41, 5.74) is 1.12. The lowest BCUT2D eigenvalue weighted by molar-refractivity contribution is -0.419. The maximum atomic E-state index is 16.2. The second-order valence-electron chi connectivity index (χ2n) is 9.15. The van der Waals surface area contributed by atoms with Crippen LogP contribution in [0.4, 0.5) is 8.78 Å². The normalized spacial score (nSPS) is 26.6. The lowest BCUT2D eigenvalue weighted by atomic mass is 9.81. The van der Waals surface area contributed by atoms with Gasteiger partial charge in [0.2, 0.25) is 0 Å². The van der Waals surface area contributed by atoms with Gasteiger partial charge < -0.3 is 19.3 Å². The van der Waals surface area contributed by atoms with Gasteiger partial charge in [0.1, 0.15) is 6.10 Å². The largest absolute Gasteiger partial charge is 0.370 e. The van der Waals surface area contributed by atoms with Crippen molar-refractivity contribution >= 4 is 11.6 Å². The first kappa shape index (κ1) is 26.7. The predicted molar refractivity (Wildman–Crippen MR) is 135 cm³/mol. The van der Waals surface area contributed by atoms with Gasteiger partial charge in [-0.1, -0.05) is 104 Å². The molecule has 1 heterocycles. The molecule has 0 radical (unpaired) electrons. The van der Waals surface area contributed by atoms with E-state index in [9.17, 15) is 5.11 Å². The van der Waals surface area contributed by atoms with Gasteiger partial charge >= 0.3 is 5.92 Å². The summed E-state index contributed by atoms with van der Waals surface area (Å²) >= 11 is 6.17. The summed E-state index contributed by atoms with van der Waals surface area (Å²) in [6.45, 7) is 3.86. The van der Waals surface area contributed by atoms with E-state index >= 15 is 8.78 Å². The van der Waals surface area contributed by atoms with Crippen LogP contribution in [-0.2, 0) is 33.3 Å². The van der Waals surface area contributed by atoms with Gasteiger partial charge in [0.05, 0.1) is 25.4 Å². The van der Waals surface area contributed by atoms with Gasteiger partial charge in [-0.05, 0) is 23.6 Å². The van der Waals surface area contributed by atoms with Crippen molar-refractivity contribution in [3.63, 3.8) is 0 Å². The lowest BCUT2D eigenvalue weighted by Gasteiger charge is -2.52. The molecular weight excluding hydrogens is 486 g/mol. The number of halogens is 3. The topological polar surface area (TPSA) is 47.9 Å². The third-order valence-electron chi connectivity index (χ3n) is 6.74. The molecule has 0 aliphatic carbocycles. The van der Waals surface area contributed by atoms with Gasteiger partial charge in [0.25, 0.3) is 5.79 Å². The zero-order chi connectivity index (χ0) is 25.8. The van der Waals surface area contributed by atoms with Crippen LogP contribution in [0.15, 0.2) is 84.9 Å². The van der Waals surface area contributed by atoms with E-state index in [2.05, 4.69) is 0 Å². The number of hydrogen-bond donors (Lipinski definition) is 1. The second kappa shape index (κ2) is 11.4. The molecule has 3 aromatic carbocycles. The first-order chi connectivity index (χ1) is 17.3. The molecule has 0 amide bonds. The minimum absolute atomic E-state index is 0.00944. The number of hydrogen-bond acceptors (Lipinski definition) is 4. The minimum atomic E-state index is -3.89. The Labute approximate surface area is 215 Å². The average molecular weight is 517 g/mol. The van der Waals surface area contributed by atoms with Crippen LogP contribution in [0.1, 0.15) is 37.0 Å². The SMILES string of the molecule is CC[C@H]1O[C@@](O)(C(F)(F)c2ccccc2Cl)[C@H](OCc2ccccc2)[C@@H](OCc2ccccc2)[C@@H]1C. The van der Waals surface area contributed by atoms with Gasteiger partial charge in [-0.15, -0.1) is 0 Å². The second-order valence-corrected chi connectivity index (χ2v) is 9.56. The molecule has 1 aliphatic rings. The van der Waals surface area contributed by atoms with E-state index in [1.54, 1.807) is 6.07 Å². The Hall–Kier alpha value is -2.35. The van der Waals surface area contributed by atoms with Gasteiger partial charge in [0.15, 0.2) is 0 Å². The van der Waals surface area contributed by atoms with Crippen molar-refractivity contribution in [2.45, 2.75) is 63.5 Å². The smallest absolute Gasteiger partial charge is 0.330 e. The Morgan fingerprint density at radius 2 is 1.42 bits per heavy atom. The summed E-state index contributed by atoms with van der Waals surface area (Å²) in [4.78, 5) is 0. The van der Waals surface area contributed by atoms with Gasteiger partial charge in [-0.25, -0.2) is 0 Å². The maximum Gasteiger partial charge on any atom is 0.330 e. The lowest BCUT2D eigenvalue weighted by Crippen LogP contribution is -2.69. The van der Waals surface area contributed by atoms with E-state index < -0.39 is 35.6 Å². The maximum absolute atomic E-state index is 16.2. The van der Waals surface area contributed by atoms with E-state index in [0.29, 0.717) is 6.42 Å². The standard InChI is InChI=1S/C29H31ClF2O4/c1-3-25-20(2)26(34-18-21-12-6-4-7-13-21)27(35-19-22-14-8-5-9-15-22)29(33,36-25)28(31,32)23-16-10-11-17-24(23)30/h4-17,20,25-27,33H,3,18-19H2,1-2H3/t20-,25-,26+,27-,29-/m1/s1. The summed E-state index contributed by atoms with van der Waals surface area (Å²) in [5.74, 6) is -7.25. The Bertz CT molecular complexity index is 1110. The van der Waals surface area contributed by atoms with E-state index in [1.807, 2.05) is 74.5 Å². The van der Waals surface area contributed by atoms with Crippen molar-refractivity contribution in [3.8, 4) is 0 Å². The first-order valence-electron chi connectivity index (χ1n) is 12.1. The molecule has 0 bridgehead atoms. The van der Waals surface area contributed by atoms with Crippen LogP contribution in [0.2, 0.25) is 5.02 Å². The van der Waals surface area contributed by atoms with E-state index in [-0.39, 0.29) is 24.2 Å². The predicted octanol–water partition coefficient (Wildman–Crippen LogP) is 6.74. The minimum Gasteiger partial charge on any atom is -0.370 e. The molecule has 0 aromatic heterocycles. The molecular formula is C29H31ClF2O4. The molecule has 3 aromatic rings. The third kappa shape index (κ3) is 5.34. The van der Waals surface area contributed by atoms with Crippen LogP contribution in [0.3, 0.4) is 0 Å². The first-order valence-corrected chi connectivity index (χ1v) is 12.5. The van der Waals surface area contributed by atoms with Crippen molar-refractivity contribution < 1.29 is 28.1 Å². The molecule has 5 atom stereocenters. The molecule has 1 saturated heterocycles. The van der Waals surface area contributed by atoms with Crippen LogP contribution in [0, 0.1) is 5.92 Å². The number of rotatable bonds is 9. The van der Waals surface area contributed by atoms with Gasteiger partial charge in [-0.2, -0.15) is 8.78 Å². The molecule has 192 valence electrons. The molecule has 0 unspecified atom stereocenters. The third-order valence-corrected chi connectivity index (χ3v) is 7.07. The zero-order valence-corrected chi connectivity index (χ0v) is 21.1. The van der Waals surface area contributed by atoms with Crippen molar-refractivity contribution in [2.75, 3.05) is 0 Å². The highest BCUT2D eigenvalue weighted by Crippen LogP contribution is 2.51. The summed E-state index contributed by atoms with van der Waals surface area (Å²) in [6, 6.07) is 24.2. The van der Waals surface area contributed by atoms with Crippen molar-refractivity contribution in [1.29, 1.82) is 0 Å². The van der Waals surface area contributed by atoms with Gasteiger partial charge in [0, 0.05) is 16.5 Å². The summed E-state index contributed by atoms with van der Waals surface area (Å²) in [7, 11) is 0. The Kier molecular flexibility index (Phi) is 8.43. The molecule has 1 fully saturated rings. The highest BCUT2D eigenvalue weighted by Gasteiger charge is 2.67.